The average Bonchev–Trinajstić information content (AvgIpc) is 3.17. The molecular formula is C25H20BrClN4O3. The molecule has 9 heteroatoms. The van der Waals surface area contributed by atoms with E-state index >= 15 is 0 Å². The van der Waals surface area contributed by atoms with Gasteiger partial charge in [0, 0.05) is 27.1 Å². The van der Waals surface area contributed by atoms with Gasteiger partial charge in [0.15, 0.2) is 0 Å². The molecule has 0 aliphatic rings. The van der Waals surface area contributed by atoms with Crippen LogP contribution in [0.3, 0.4) is 0 Å². The third kappa shape index (κ3) is 5.47. The molecule has 0 aliphatic carbocycles. The third-order valence-electron chi connectivity index (χ3n) is 5.09. The number of hydrogen-bond acceptors (Lipinski definition) is 3. The summed E-state index contributed by atoms with van der Waals surface area (Å²) < 4.78 is 2.13. The summed E-state index contributed by atoms with van der Waals surface area (Å²) >= 11 is 9.29. The van der Waals surface area contributed by atoms with Crippen LogP contribution in [-0.4, -0.2) is 22.4 Å². The molecule has 3 amide bonds. The van der Waals surface area contributed by atoms with Crippen molar-refractivity contribution in [3.05, 3.63) is 99.1 Å². The second kappa shape index (κ2) is 10.1. The van der Waals surface area contributed by atoms with Gasteiger partial charge in [-0.25, -0.2) is 4.68 Å². The summed E-state index contributed by atoms with van der Waals surface area (Å²) in [5.74, 6) is -2.17. The Morgan fingerprint density at radius 2 is 1.62 bits per heavy atom. The standard InChI is InChI=1S/C25H20BrClN4O3/c1-15-2-9-20(10-3-15)29-23(32)22-13-17-12-18(26)6-11-21(17)31(22)30-25(34)24(33)28-14-16-4-7-19(27)8-5-16/h2-13H,14H2,1H3,(H,28,33)(H,29,32)(H,30,34). The Labute approximate surface area is 209 Å². The number of benzene rings is 3. The number of nitrogens with one attached hydrogen (secondary N) is 3. The van der Waals surface area contributed by atoms with Crippen LogP contribution in [0.15, 0.2) is 77.3 Å². The van der Waals surface area contributed by atoms with E-state index < -0.39 is 17.7 Å². The largest absolute Gasteiger partial charge is 0.344 e. The molecule has 0 aliphatic heterocycles. The maximum Gasteiger partial charge on any atom is 0.328 e. The SMILES string of the molecule is Cc1ccc(NC(=O)c2cc3cc(Br)ccc3n2NC(=O)C(=O)NCc2ccc(Cl)cc2)cc1. The summed E-state index contributed by atoms with van der Waals surface area (Å²) in [6.45, 7) is 2.11. The van der Waals surface area contributed by atoms with E-state index in [9.17, 15) is 14.4 Å². The van der Waals surface area contributed by atoms with Gasteiger partial charge >= 0.3 is 11.8 Å². The molecule has 0 saturated carbocycles. The highest BCUT2D eigenvalue weighted by Crippen LogP contribution is 2.24. The van der Waals surface area contributed by atoms with E-state index in [1.807, 2.05) is 25.1 Å². The Bertz CT molecular complexity index is 1380. The zero-order valence-corrected chi connectivity index (χ0v) is 20.4. The molecule has 172 valence electrons. The van der Waals surface area contributed by atoms with E-state index in [4.69, 9.17) is 11.6 Å². The highest BCUT2D eigenvalue weighted by molar-refractivity contribution is 9.10. The molecule has 0 saturated heterocycles. The van der Waals surface area contributed by atoms with Crippen LogP contribution in [0.25, 0.3) is 10.9 Å². The molecule has 0 radical (unpaired) electrons. The maximum absolute atomic E-state index is 13.1. The molecule has 0 atom stereocenters. The van der Waals surface area contributed by atoms with Crippen LogP contribution in [0.5, 0.6) is 0 Å². The maximum atomic E-state index is 13.1. The normalized spacial score (nSPS) is 10.7. The quantitative estimate of drug-likeness (QED) is 0.312. The number of halogens is 2. The third-order valence-corrected chi connectivity index (χ3v) is 5.84. The van der Waals surface area contributed by atoms with Gasteiger partial charge in [-0.3, -0.25) is 19.8 Å². The van der Waals surface area contributed by atoms with Crippen molar-refractivity contribution in [2.75, 3.05) is 10.7 Å². The van der Waals surface area contributed by atoms with Gasteiger partial charge in [-0.15, -0.1) is 0 Å². The Balaban J connectivity index is 1.55. The lowest BCUT2D eigenvalue weighted by Gasteiger charge is -2.13. The number of rotatable bonds is 5. The minimum atomic E-state index is -0.904. The van der Waals surface area contributed by atoms with Crippen LogP contribution in [-0.2, 0) is 16.1 Å². The number of anilines is 1. The minimum Gasteiger partial charge on any atom is -0.344 e. The lowest BCUT2D eigenvalue weighted by atomic mass is 10.2. The fourth-order valence-electron chi connectivity index (χ4n) is 3.32. The molecule has 34 heavy (non-hydrogen) atoms. The van der Waals surface area contributed by atoms with Crippen molar-refractivity contribution in [2.45, 2.75) is 13.5 Å². The highest BCUT2D eigenvalue weighted by atomic mass is 79.9. The van der Waals surface area contributed by atoms with E-state index in [2.05, 4.69) is 32.0 Å². The molecule has 7 nitrogen and oxygen atoms in total. The second-order valence-electron chi connectivity index (χ2n) is 7.64. The first-order chi connectivity index (χ1) is 16.3. The van der Waals surface area contributed by atoms with Gasteiger partial charge in [0.05, 0.1) is 5.52 Å². The lowest BCUT2D eigenvalue weighted by Crippen LogP contribution is -2.39. The zero-order valence-electron chi connectivity index (χ0n) is 18.1. The van der Waals surface area contributed by atoms with Crippen molar-refractivity contribution in [3.63, 3.8) is 0 Å². The molecule has 0 unspecified atom stereocenters. The summed E-state index contributed by atoms with van der Waals surface area (Å²) in [4.78, 5) is 38.2. The fourth-order valence-corrected chi connectivity index (χ4v) is 3.83. The number of hydrogen-bond donors (Lipinski definition) is 3. The summed E-state index contributed by atoms with van der Waals surface area (Å²) in [7, 11) is 0. The van der Waals surface area contributed by atoms with Gasteiger partial charge in [-0.2, -0.15) is 0 Å². The first-order valence-corrected chi connectivity index (χ1v) is 11.5. The predicted molar refractivity (Wildman–Crippen MR) is 136 cm³/mol. The number of nitrogens with zero attached hydrogens (tertiary/aromatic N) is 1. The highest BCUT2D eigenvalue weighted by Gasteiger charge is 2.21. The Kier molecular flexibility index (Phi) is 7.00. The van der Waals surface area contributed by atoms with Gasteiger partial charge < -0.3 is 10.6 Å². The summed E-state index contributed by atoms with van der Waals surface area (Å²) in [6.07, 6.45) is 0. The molecule has 4 rings (SSSR count). The van der Waals surface area contributed by atoms with Crippen LogP contribution < -0.4 is 16.1 Å². The Morgan fingerprint density at radius 1 is 0.912 bits per heavy atom. The van der Waals surface area contributed by atoms with E-state index in [0.717, 1.165) is 15.6 Å². The van der Waals surface area contributed by atoms with Gasteiger partial charge in [-0.05, 0) is 61.0 Å². The first kappa shape index (κ1) is 23.5. The fraction of sp³-hybridized carbons (Fsp3) is 0.0800. The Hall–Kier alpha value is -3.62. The number of amides is 3. The van der Waals surface area contributed by atoms with Crippen LogP contribution in [0.2, 0.25) is 5.02 Å². The van der Waals surface area contributed by atoms with Gasteiger partial charge in [0.1, 0.15) is 5.69 Å². The molecule has 1 heterocycles. The summed E-state index contributed by atoms with van der Waals surface area (Å²) in [5.41, 5.74) is 5.75. The van der Waals surface area contributed by atoms with Crippen LogP contribution in [0, 0.1) is 6.92 Å². The summed E-state index contributed by atoms with van der Waals surface area (Å²) in [5, 5.41) is 6.68. The van der Waals surface area contributed by atoms with Crippen LogP contribution in [0.1, 0.15) is 21.6 Å². The number of carbonyl (C=O) groups is 3. The van der Waals surface area contributed by atoms with Crippen molar-refractivity contribution >= 4 is 61.8 Å². The summed E-state index contributed by atoms with van der Waals surface area (Å²) in [6, 6.07) is 21.3. The molecule has 3 N–H and O–H groups in total. The predicted octanol–water partition coefficient (Wildman–Crippen LogP) is 5.00. The van der Waals surface area contributed by atoms with Crippen molar-refractivity contribution in [2.24, 2.45) is 0 Å². The number of fused-ring (bicyclic) bond motifs is 1. The molecule has 0 fully saturated rings. The number of carbonyl (C=O) groups excluding carboxylic acids is 3. The second-order valence-corrected chi connectivity index (χ2v) is 8.99. The monoisotopic (exact) mass is 538 g/mol. The molecule has 4 aromatic rings. The average molecular weight is 540 g/mol. The topological polar surface area (TPSA) is 92.2 Å². The van der Waals surface area contributed by atoms with E-state index in [0.29, 0.717) is 21.6 Å². The van der Waals surface area contributed by atoms with Gasteiger partial charge in [0.25, 0.3) is 5.91 Å². The van der Waals surface area contributed by atoms with Gasteiger partial charge in [-0.1, -0.05) is 57.4 Å². The zero-order chi connectivity index (χ0) is 24.2. The molecular weight excluding hydrogens is 520 g/mol. The van der Waals surface area contributed by atoms with Crippen molar-refractivity contribution in [1.29, 1.82) is 0 Å². The Morgan fingerprint density at radius 3 is 2.32 bits per heavy atom. The van der Waals surface area contributed by atoms with Crippen LogP contribution >= 0.6 is 27.5 Å². The molecule has 1 aromatic heterocycles. The lowest BCUT2D eigenvalue weighted by molar-refractivity contribution is -0.136. The number of aromatic nitrogens is 1. The van der Waals surface area contributed by atoms with Crippen molar-refractivity contribution < 1.29 is 14.4 Å². The van der Waals surface area contributed by atoms with E-state index in [-0.39, 0.29) is 12.2 Å². The molecule has 0 spiro atoms. The van der Waals surface area contributed by atoms with Crippen molar-refractivity contribution in [1.82, 2.24) is 9.99 Å². The van der Waals surface area contributed by atoms with Crippen LogP contribution in [0.4, 0.5) is 5.69 Å². The van der Waals surface area contributed by atoms with E-state index in [1.165, 1.54) is 4.68 Å². The van der Waals surface area contributed by atoms with E-state index in [1.54, 1.807) is 54.6 Å². The molecule has 0 bridgehead atoms. The molecule has 3 aromatic carbocycles. The van der Waals surface area contributed by atoms with Crippen molar-refractivity contribution in [3.8, 4) is 0 Å². The minimum absolute atomic E-state index is 0.156. The smallest absolute Gasteiger partial charge is 0.328 e. The first-order valence-electron chi connectivity index (χ1n) is 10.3. The number of aryl methyl sites for hydroxylation is 1. The van der Waals surface area contributed by atoms with Gasteiger partial charge in [0.2, 0.25) is 0 Å².